The Hall–Kier alpha value is -2.85. The predicted molar refractivity (Wildman–Crippen MR) is 97.8 cm³/mol. The van der Waals surface area contributed by atoms with Crippen molar-refractivity contribution in [3.05, 3.63) is 29.3 Å². The van der Waals surface area contributed by atoms with Crippen molar-refractivity contribution in [2.45, 2.75) is 30.9 Å². The highest BCUT2D eigenvalue weighted by Gasteiger charge is 2.56. The van der Waals surface area contributed by atoms with Crippen molar-refractivity contribution in [2.24, 2.45) is 11.8 Å². The van der Waals surface area contributed by atoms with Gasteiger partial charge in [0.25, 0.3) is 0 Å². The molecular weight excluding hydrogens is 402 g/mol. The van der Waals surface area contributed by atoms with Gasteiger partial charge in [-0.1, -0.05) is 0 Å². The number of halogens is 4. The Labute approximate surface area is 170 Å². The lowest BCUT2D eigenvalue weighted by Crippen LogP contribution is -2.43. The maximum absolute atomic E-state index is 13.5. The Kier molecular flexibility index (Phi) is 5.07. The number of carbonyl (C=O) groups is 1. The van der Waals surface area contributed by atoms with E-state index in [4.69, 9.17) is 10.5 Å². The van der Waals surface area contributed by atoms with Gasteiger partial charge in [-0.2, -0.15) is 23.7 Å². The summed E-state index contributed by atoms with van der Waals surface area (Å²) in [4.78, 5) is 15.2. The molecule has 1 aromatic rings. The molecule has 3 aliphatic rings. The summed E-state index contributed by atoms with van der Waals surface area (Å²) in [5, 5.41) is 21.0. The maximum atomic E-state index is 13.5. The Morgan fingerprint density at radius 1 is 1.20 bits per heavy atom. The molecular formula is C20H19F4N5O. The van der Waals surface area contributed by atoms with Gasteiger partial charge in [-0.25, -0.2) is 4.39 Å². The SMILES string of the molecule is N#Cc1ccc(N2C[C@@H]3C(NCC(=O)N4C[C@@H](F)C[C@H]4C#N)[C@@H]3C2)c(C(F)(F)F)c1. The second-order valence-corrected chi connectivity index (χ2v) is 8.00. The second-order valence-electron chi connectivity index (χ2n) is 8.00. The number of nitriles is 2. The van der Waals surface area contributed by atoms with Gasteiger partial charge in [0.2, 0.25) is 5.91 Å². The topological polar surface area (TPSA) is 83.2 Å². The van der Waals surface area contributed by atoms with Crippen molar-refractivity contribution in [3.8, 4) is 12.1 Å². The van der Waals surface area contributed by atoms with E-state index >= 15 is 0 Å². The molecule has 2 heterocycles. The lowest BCUT2D eigenvalue weighted by molar-refractivity contribution is -0.137. The lowest BCUT2D eigenvalue weighted by atomic mass is 10.1. The highest BCUT2D eigenvalue weighted by atomic mass is 19.4. The molecule has 1 saturated carbocycles. The summed E-state index contributed by atoms with van der Waals surface area (Å²) >= 11 is 0. The van der Waals surface area contributed by atoms with Crippen molar-refractivity contribution in [3.63, 3.8) is 0 Å². The number of rotatable bonds is 4. The summed E-state index contributed by atoms with van der Waals surface area (Å²) in [7, 11) is 0. The number of hydrogen-bond acceptors (Lipinski definition) is 5. The van der Waals surface area contributed by atoms with E-state index in [0.717, 1.165) is 6.07 Å². The van der Waals surface area contributed by atoms with E-state index in [1.165, 1.54) is 17.0 Å². The monoisotopic (exact) mass is 421 g/mol. The summed E-state index contributed by atoms with van der Waals surface area (Å²) in [6.45, 7) is 0.737. The smallest absolute Gasteiger partial charge is 0.370 e. The largest absolute Gasteiger partial charge is 0.418 e. The van der Waals surface area contributed by atoms with Crippen LogP contribution >= 0.6 is 0 Å². The molecule has 2 saturated heterocycles. The number of likely N-dealkylation sites (tertiary alicyclic amines) is 1. The summed E-state index contributed by atoms with van der Waals surface area (Å²) in [6, 6.07) is 6.52. The molecule has 10 heteroatoms. The van der Waals surface area contributed by atoms with Crippen LogP contribution in [0.2, 0.25) is 0 Å². The van der Waals surface area contributed by atoms with Crippen LogP contribution in [0.3, 0.4) is 0 Å². The zero-order valence-electron chi connectivity index (χ0n) is 15.9. The van der Waals surface area contributed by atoms with Crippen molar-refractivity contribution < 1.29 is 22.4 Å². The third kappa shape index (κ3) is 3.68. The lowest BCUT2D eigenvalue weighted by Gasteiger charge is -2.26. The number of benzene rings is 1. The van der Waals surface area contributed by atoms with E-state index in [9.17, 15) is 22.4 Å². The normalized spacial score (nSPS) is 30.0. The fourth-order valence-electron chi connectivity index (χ4n) is 4.62. The van der Waals surface area contributed by atoms with E-state index in [1.54, 1.807) is 11.0 Å². The highest BCUT2D eigenvalue weighted by Crippen LogP contribution is 2.48. The molecule has 0 spiro atoms. The van der Waals surface area contributed by atoms with Crippen LogP contribution in [0, 0.1) is 34.5 Å². The molecule has 30 heavy (non-hydrogen) atoms. The van der Waals surface area contributed by atoms with E-state index in [-0.39, 0.29) is 54.5 Å². The van der Waals surface area contributed by atoms with Crippen molar-refractivity contribution in [1.82, 2.24) is 10.2 Å². The van der Waals surface area contributed by atoms with Gasteiger partial charge in [-0.15, -0.1) is 0 Å². The van der Waals surface area contributed by atoms with Gasteiger partial charge in [-0.3, -0.25) is 4.79 Å². The van der Waals surface area contributed by atoms with E-state index in [2.05, 4.69) is 5.32 Å². The first kappa shape index (κ1) is 20.4. The van der Waals surface area contributed by atoms with Gasteiger partial charge >= 0.3 is 6.18 Å². The maximum Gasteiger partial charge on any atom is 0.418 e. The number of amides is 1. The zero-order valence-corrected chi connectivity index (χ0v) is 15.9. The van der Waals surface area contributed by atoms with Crippen molar-refractivity contribution in [2.75, 3.05) is 31.1 Å². The Morgan fingerprint density at radius 3 is 2.50 bits per heavy atom. The number of anilines is 1. The van der Waals surface area contributed by atoms with Crippen LogP contribution in [-0.2, 0) is 11.0 Å². The molecule has 1 aliphatic carbocycles. The number of carbonyl (C=O) groups excluding carboxylic acids is 1. The molecule has 1 N–H and O–H groups in total. The molecule has 0 radical (unpaired) electrons. The van der Waals surface area contributed by atoms with E-state index in [0.29, 0.717) is 13.1 Å². The number of alkyl halides is 4. The molecule has 1 unspecified atom stereocenters. The quantitative estimate of drug-likeness (QED) is 0.753. The Morgan fingerprint density at radius 2 is 1.90 bits per heavy atom. The zero-order chi connectivity index (χ0) is 21.6. The standard InChI is InChI=1S/C20H19F4N5O/c21-12-4-13(6-26)29(8-12)18(30)7-27-19-14-9-28(10-15(14)19)17-2-1-11(5-25)3-16(17)20(22,23)24/h1-3,12-15,19,27H,4,7-10H2/t12-,13-,14-,15+,19?/m0/s1. The molecule has 5 atom stereocenters. The predicted octanol–water partition coefficient (Wildman–Crippen LogP) is 2.06. The van der Waals surface area contributed by atoms with Crippen molar-refractivity contribution >= 4 is 11.6 Å². The first-order valence-electron chi connectivity index (χ1n) is 9.65. The number of nitrogens with zero attached hydrogens (tertiary/aromatic N) is 4. The average molecular weight is 421 g/mol. The van der Waals surface area contributed by atoms with Gasteiger partial charge in [-0.05, 0) is 30.0 Å². The van der Waals surface area contributed by atoms with Crippen LogP contribution < -0.4 is 10.2 Å². The molecule has 1 amide bonds. The van der Waals surface area contributed by atoms with Gasteiger partial charge < -0.3 is 15.1 Å². The molecule has 6 nitrogen and oxygen atoms in total. The summed E-state index contributed by atoms with van der Waals surface area (Å²) < 4.78 is 53.7. The van der Waals surface area contributed by atoms with Crippen molar-refractivity contribution in [1.29, 1.82) is 10.5 Å². The summed E-state index contributed by atoms with van der Waals surface area (Å²) in [6.07, 6.45) is -5.72. The van der Waals surface area contributed by atoms with Gasteiger partial charge in [0.15, 0.2) is 0 Å². The van der Waals surface area contributed by atoms with Crippen LogP contribution in [0.15, 0.2) is 18.2 Å². The molecule has 2 aliphatic heterocycles. The highest BCUT2D eigenvalue weighted by molar-refractivity contribution is 5.79. The Balaban J connectivity index is 1.34. The van der Waals surface area contributed by atoms with Crippen LogP contribution in [-0.4, -0.2) is 55.2 Å². The summed E-state index contributed by atoms with van der Waals surface area (Å²) in [5.74, 6) is -0.0995. The Bertz CT molecular complexity index is 925. The first-order chi connectivity index (χ1) is 14.2. The molecule has 0 bridgehead atoms. The minimum absolute atomic E-state index is 0.0160. The number of nitrogens with one attached hydrogen (secondary N) is 1. The molecule has 1 aromatic carbocycles. The summed E-state index contributed by atoms with van der Waals surface area (Å²) in [5.41, 5.74) is -0.798. The third-order valence-electron chi connectivity index (χ3n) is 6.17. The minimum atomic E-state index is -4.56. The van der Waals surface area contributed by atoms with E-state index in [1.807, 2.05) is 6.07 Å². The molecule has 158 valence electrons. The van der Waals surface area contributed by atoms with Gasteiger partial charge in [0, 0.05) is 31.2 Å². The fraction of sp³-hybridized carbons (Fsp3) is 0.550. The minimum Gasteiger partial charge on any atom is -0.370 e. The fourth-order valence-corrected chi connectivity index (χ4v) is 4.62. The van der Waals surface area contributed by atoms with Crippen LogP contribution in [0.25, 0.3) is 0 Å². The number of fused-ring (bicyclic) bond motifs is 1. The third-order valence-corrected chi connectivity index (χ3v) is 6.17. The van der Waals surface area contributed by atoms with Gasteiger partial charge in [0.1, 0.15) is 12.2 Å². The second kappa shape index (κ2) is 7.44. The van der Waals surface area contributed by atoms with E-state index < -0.39 is 24.0 Å². The van der Waals surface area contributed by atoms with Crippen LogP contribution in [0.1, 0.15) is 17.5 Å². The average Bonchev–Trinajstić information content (AvgIpc) is 3.04. The first-order valence-corrected chi connectivity index (χ1v) is 9.65. The number of piperidine rings is 1. The van der Waals surface area contributed by atoms with Crippen LogP contribution in [0.5, 0.6) is 0 Å². The molecule has 3 fully saturated rings. The van der Waals surface area contributed by atoms with Crippen LogP contribution in [0.4, 0.5) is 23.2 Å². The molecule has 4 rings (SSSR count). The van der Waals surface area contributed by atoms with Gasteiger partial charge in [0.05, 0.1) is 36.4 Å². The number of hydrogen-bond donors (Lipinski definition) is 1. The molecule has 0 aromatic heterocycles.